The number of rotatable bonds is 2. The van der Waals surface area contributed by atoms with Gasteiger partial charge in [-0.2, -0.15) is 0 Å². The minimum Gasteiger partial charge on any atom is -0.381 e. The number of nitrogens with two attached hydrogens (primary N) is 1. The first-order valence-corrected chi connectivity index (χ1v) is 5.72. The smallest absolute Gasteiger partial charge is 0.178 e. The zero-order valence-corrected chi connectivity index (χ0v) is 10.5. The Kier molecular flexibility index (Phi) is 3.15. The molecule has 0 saturated heterocycles. The molecular formula is C11H9BrF2N2O. The number of anilines is 1. The predicted molar refractivity (Wildman–Crippen MR) is 63.3 cm³/mol. The highest BCUT2D eigenvalue weighted by Crippen LogP contribution is 2.33. The van der Waals surface area contributed by atoms with Crippen LogP contribution >= 0.6 is 15.9 Å². The molecule has 0 unspecified atom stereocenters. The van der Waals surface area contributed by atoms with Crippen LogP contribution in [0.1, 0.15) is 12.5 Å². The van der Waals surface area contributed by atoms with Crippen LogP contribution in [0.3, 0.4) is 0 Å². The molecule has 2 N–H and O–H groups in total. The molecule has 3 nitrogen and oxygen atoms in total. The number of nitrogens with zero attached hydrogens (tertiary/aromatic N) is 1. The third kappa shape index (κ3) is 2.04. The third-order valence-corrected chi connectivity index (χ3v) is 2.86. The fourth-order valence-corrected chi connectivity index (χ4v) is 2.02. The van der Waals surface area contributed by atoms with Gasteiger partial charge in [0.15, 0.2) is 11.6 Å². The van der Waals surface area contributed by atoms with Crippen LogP contribution in [0.2, 0.25) is 0 Å². The lowest BCUT2D eigenvalue weighted by molar-refractivity contribution is 0.429. The average molecular weight is 303 g/mol. The van der Waals surface area contributed by atoms with Crippen molar-refractivity contribution < 1.29 is 13.3 Å². The second-order valence-electron chi connectivity index (χ2n) is 3.47. The highest BCUT2D eigenvalue weighted by atomic mass is 79.9. The van der Waals surface area contributed by atoms with Crippen LogP contribution in [0, 0.1) is 11.6 Å². The minimum atomic E-state index is -0.720. The van der Waals surface area contributed by atoms with Gasteiger partial charge in [-0.05, 0) is 18.6 Å². The van der Waals surface area contributed by atoms with Crippen molar-refractivity contribution in [3.05, 3.63) is 33.8 Å². The molecule has 0 fully saturated rings. The van der Waals surface area contributed by atoms with Gasteiger partial charge in [0.2, 0.25) is 0 Å². The molecule has 6 heteroatoms. The molecule has 1 aromatic heterocycles. The van der Waals surface area contributed by atoms with E-state index in [1.165, 1.54) is 0 Å². The third-order valence-electron chi connectivity index (χ3n) is 2.41. The average Bonchev–Trinajstić information content (AvgIpc) is 2.58. The summed E-state index contributed by atoms with van der Waals surface area (Å²) in [5, 5.41) is 3.53. The van der Waals surface area contributed by atoms with Crippen LogP contribution in [0.5, 0.6) is 0 Å². The molecule has 0 saturated carbocycles. The second-order valence-corrected chi connectivity index (χ2v) is 4.39. The van der Waals surface area contributed by atoms with Crippen molar-refractivity contribution in [1.82, 2.24) is 5.16 Å². The standard InChI is InChI=1S/C11H9BrF2N2O/c1-2-6-10(17-16-11(6)15)9-7(13)3-5(12)4-8(9)14/h3-4H,2H2,1H3,(H2,15,16). The fraction of sp³-hybridized carbons (Fsp3) is 0.182. The largest absolute Gasteiger partial charge is 0.381 e. The van der Waals surface area contributed by atoms with Gasteiger partial charge in [0.1, 0.15) is 11.6 Å². The van der Waals surface area contributed by atoms with Crippen LogP contribution in [-0.4, -0.2) is 5.16 Å². The van der Waals surface area contributed by atoms with E-state index in [4.69, 9.17) is 10.3 Å². The Balaban J connectivity index is 2.68. The maximum Gasteiger partial charge on any atom is 0.178 e. The summed E-state index contributed by atoms with van der Waals surface area (Å²) in [5.41, 5.74) is 5.82. The molecular weight excluding hydrogens is 294 g/mol. The lowest BCUT2D eigenvalue weighted by atomic mass is 10.1. The van der Waals surface area contributed by atoms with Gasteiger partial charge in [0, 0.05) is 10.0 Å². The molecule has 0 spiro atoms. The lowest BCUT2D eigenvalue weighted by Gasteiger charge is -2.04. The van der Waals surface area contributed by atoms with E-state index in [-0.39, 0.29) is 17.1 Å². The molecule has 0 amide bonds. The molecule has 0 aliphatic rings. The summed E-state index contributed by atoms with van der Waals surface area (Å²) < 4.78 is 32.7. The molecule has 0 aliphatic heterocycles. The number of benzene rings is 1. The summed E-state index contributed by atoms with van der Waals surface area (Å²) in [6.45, 7) is 1.81. The lowest BCUT2D eigenvalue weighted by Crippen LogP contribution is -1.94. The highest BCUT2D eigenvalue weighted by molar-refractivity contribution is 9.10. The normalized spacial score (nSPS) is 10.8. The fourth-order valence-electron chi connectivity index (χ4n) is 1.62. The first-order valence-electron chi connectivity index (χ1n) is 4.93. The van der Waals surface area contributed by atoms with Gasteiger partial charge in [0.05, 0.1) is 5.56 Å². The Morgan fingerprint density at radius 1 is 1.35 bits per heavy atom. The maximum atomic E-state index is 13.7. The molecule has 0 bridgehead atoms. The number of hydrogen-bond acceptors (Lipinski definition) is 3. The van der Waals surface area contributed by atoms with Crippen LogP contribution in [-0.2, 0) is 6.42 Å². The maximum absolute atomic E-state index is 13.7. The Bertz CT molecular complexity index is 546. The van der Waals surface area contributed by atoms with Crippen molar-refractivity contribution >= 4 is 21.7 Å². The van der Waals surface area contributed by atoms with E-state index < -0.39 is 11.6 Å². The molecule has 1 heterocycles. The van der Waals surface area contributed by atoms with Gasteiger partial charge >= 0.3 is 0 Å². The van der Waals surface area contributed by atoms with Crippen molar-refractivity contribution in [2.75, 3.05) is 5.73 Å². The molecule has 0 radical (unpaired) electrons. The van der Waals surface area contributed by atoms with E-state index in [2.05, 4.69) is 21.1 Å². The minimum absolute atomic E-state index is 0.0486. The molecule has 2 aromatic rings. The summed E-state index contributed by atoms with van der Waals surface area (Å²) in [7, 11) is 0. The van der Waals surface area contributed by atoms with E-state index in [1.807, 2.05) is 0 Å². The van der Waals surface area contributed by atoms with Gasteiger partial charge < -0.3 is 10.3 Å². The van der Waals surface area contributed by atoms with Gasteiger partial charge in [0.25, 0.3) is 0 Å². The molecule has 90 valence electrons. The Morgan fingerprint density at radius 2 is 1.94 bits per heavy atom. The van der Waals surface area contributed by atoms with Crippen molar-refractivity contribution in [2.45, 2.75) is 13.3 Å². The van der Waals surface area contributed by atoms with E-state index in [1.54, 1.807) is 6.92 Å². The van der Waals surface area contributed by atoms with Crippen LogP contribution < -0.4 is 5.73 Å². The number of halogens is 3. The van der Waals surface area contributed by atoms with E-state index >= 15 is 0 Å². The van der Waals surface area contributed by atoms with Crippen LogP contribution in [0.25, 0.3) is 11.3 Å². The zero-order valence-electron chi connectivity index (χ0n) is 8.93. The second kappa shape index (κ2) is 4.44. The van der Waals surface area contributed by atoms with Crippen molar-refractivity contribution in [1.29, 1.82) is 0 Å². The number of aromatic nitrogens is 1. The monoisotopic (exact) mass is 302 g/mol. The Morgan fingerprint density at radius 3 is 2.47 bits per heavy atom. The summed E-state index contributed by atoms with van der Waals surface area (Å²) >= 11 is 3.01. The van der Waals surface area contributed by atoms with Crippen molar-refractivity contribution in [2.24, 2.45) is 0 Å². The van der Waals surface area contributed by atoms with E-state index in [0.717, 1.165) is 12.1 Å². The zero-order chi connectivity index (χ0) is 12.6. The van der Waals surface area contributed by atoms with Gasteiger partial charge in [-0.3, -0.25) is 0 Å². The van der Waals surface area contributed by atoms with Crippen LogP contribution in [0.4, 0.5) is 14.6 Å². The van der Waals surface area contributed by atoms with Crippen LogP contribution in [0.15, 0.2) is 21.1 Å². The summed E-state index contributed by atoms with van der Waals surface area (Å²) in [6, 6.07) is 2.33. The molecule has 17 heavy (non-hydrogen) atoms. The van der Waals surface area contributed by atoms with Crippen molar-refractivity contribution in [3.63, 3.8) is 0 Å². The van der Waals surface area contributed by atoms with Gasteiger partial charge in [-0.1, -0.05) is 28.0 Å². The quantitative estimate of drug-likeness (QED) is 0.923. The first kappa shape index (κ1) is 12.0. The van der Waals surface area contributed by atoms with E-state index in [9.17, 15) is 8.78 Å². The Hall–Kier alpha value is -1.43. The SMILES string of the molecule is CCc1c(N)noc1-c1c(F)cc(Br)cc1F. The Labute approximate surface area is 105 Å². The first-order chi connectivity index (χ1) is 8.04. The van der Waals surface area contributed by atoms with Crippen molar-refractivity contribution in [3.8, 4) is 11.3 Å². The summed E-state index contributed by atoms with van der Waals surface area (Å²) in [6.07, 6.45) is 0.486. The molecule has 0 atom stereocenters. The summed E-state index contributed by atoms with van der Waals surface area (Å²) in [5.74, 6) is -1.23. The predicted octanol–water partition coefficient (Wildman–Crippen LogP) is 3.53. The van der Waals surface area contributed by atoms with E-state index in [0.29, 0.717) is 16.5 Å². The highest BCUT2D eigenvalue weighted by Gasteiger charge is 2.21. The molecule has 2 rings (SSSR count). The number of hydrogen-bond donors (Lipinski definition) is 1. The molecule has 0 aliphatic carbocycles. The van der Waals surface area contributed by atoms with Gasteiger partial charge in [-0.25, -0.2) is 8.78 Å². The number of nitrogen functional groups attached to an aromatic ring is 1. The summed E-state index contributed by atoms with van der Waals surface area (Å²) in [4.78, 5) is 0. The van der Waals surface area contributed by atoms with Gasteiger partial charge in [-0.15, -0.1) is 0 Å². The topological polar surface area (TPSA) is 52.0 Å². The molecule has 1 aromatic carbocycles.